The quantitative estimate of drug-likeness (QED) is 0.582. The van der Waals surface area contributed by atoms with Gasteiger partial charge in [-0.2, -0.15) is 0 Å². The molecule has 0 saturated heterocycles. The molecule has 0 aromatic carbocycles. The molecule has 0 spiro atoms. The summed E-state index contributed by atoms with van der Waals surface area (Å²) in [5.41, 5.74) is 1.17. The van der Waals surface area contributed by atoms with Gasteiger partial charge >= 0.3 is 5.97 Å². The normalized spacial score (nSPS) is 41.4. The number of hydrogen-bond donors (Lipinski definition) is 1. The number of fused-ring (bicyclic) bond motifs is 5. The summed E-state index contributed by atoms with van der Waals surface area (Å²) < 4.78 is 6.13. The van der Waals surface area contributed by atoms with Crippen molar-refractivity contribution >= 4 is 11.8 Å². The van der Waals surface area contributed by atoms with Crippen molar-refractivity contribution in [2.24, 2.45) is 35.0 Å². The second kappa shape index (κ2) is 7.98. The number of rotatable bonds is 4. The Morgan fingerprint density at radius 3 is 2.63 bits per heavy atom. The first-order valence-electron chi connectivity index (χ1n) is 12.6. The molecule has 0 unspecified atom stereocenters. The molecular formula is C26H38O4. The van der Waals surface area contributed by atoms with Gasteiger partial charge in [0.2, 0.25) is 0 Å². The number of Topliss-reactive ketones (excluding diaryl/α,β-unsaturated/α-hetero) is 1. The molecule has 6 atom stereocenters. The summed E-state index contributed by atoms with van der Waals surface area (Å²) in [5.74, 6) is 3.08. The molecule has 0 aliphatic heterocycles. The summed E-state index contributed by atoms with van der Waals surface area (Å²) >= 11 is 0. The number of hydrogen-bond acceptors (Lipinski definition) is 4. The van der Waals surface area contributed by atoms with Crippen molar-refractivity contribution in [3.63, 3.8) is 0 Å². The van der Waals surface area contributed by atoms with Crippen LogP contribution < -0.4 is 0 Å². The fraction of sp³-hybridized carbons (Fsp3) is 0.846. The van der Waals surface area contributed by atoms with Crippen LogP contribution in [-0.4, -0.2) is 23.0 Å². The van der Waals surface area contributed by atoms with Gasteiger partial charge in [0.1, 0.15) is 6.10 Å². The Labute approximate surface area is 180 Å². The average Bonchev–Trinajstić information content (AvgIpc) is 3.37. The van der Waals surface area contributed by atoms with E-state index in [9.17, 15) is 14.7 Å². The van der Waals surface area contributed by atoms with Crippen molar-refractivity contribution in [2.75, 3.05) is 0 Å². The summed E-state index contributed by atoms with van der Waals surface area (Å²) in [5, 5.41) is 10.3. The number of carbonyl (C=O) groups is 2. The van der Waals surface area contributed by atoms with Crippen molar-refractivity contribution in [3.8, 4) is 0 Å². The maximum Gasteiger partial charge on any atom is 0.306 e. The third-order valence-electron chi connectivity index (χ3n) is 9.87. The van der Waals surface area contributed by atoms with Crippen molar-refractivity contribution in [1.29, 1.82) is 0 Å². The molecule has 4 heteroatoms. The molecule has 5 rings (SSSR count). The van der Waals surface area contributed by atoms with Crippen LogP contribution in [0.5, 0.6) is 0 Å². The molecule has 0 amide bonds. The Balaban J connectivity index is 1.24. The second-order valence-corrected chi connectivity index (χ2v) is 11.2. The third kappa shape index (κ3) is 3.42. The molecule has 5 aliphatic carbocycles. The first-order valence-corrected chi connectivity index (χ1v) is 12.6. The van der Waals surface area contributed by atoms with Gasteiger partial charge in [-0.05, 0) is 86.5 Å². The molecule has 0 aromatic heterocycles. The van der Waals surface area contributed by atoms with Crippen molar-refractivity contribution in [2.45, 2.75) is 103 Å². The number of allylic oxidation sites excluding steroid dienone is 1. The van der Waals surface area contributed by atoms with Gasteiger partial charge in [-0.15, -0.1) is 0 Å². The zero-order chi connectivity index (χ0) is 20.9. The summed E-state index contributed by atoms with van der Waals surface area (Å²) in [4.78, 5) is 24.6. The van der Waals surface area contributed by atoms with Gasteiger partial charge in [-0.25, -0.2) is 0 Å². The molecule has 1 N–H and O–H groups in total. The van der Waals surface area contributed by atoms with E-state index < -0.39 is 0 Å². The average molecular weight is 415 g/mol. The fourth-order valence-corrected chi connectivity index (χ4v) is 8.25. The Kier molecular flexibility index (Phi) is 5.48. The van der Waals surface area contributed by atoms with Gasteiger partial charge < -0.3 is 9.84 Å². The van der Waals surface area contributed by atoms with E-state index in [1.165, 1.54) is 25.7 Å². The van der Waals surface area contributed by atoms with Gasteiger partial charge in [0.05, 0.1) is 0 Å². The highest BCUT2D eigenvalue weighted by Gasteiger charge is 2.57. The molecule has 0 heterocycles. The molecule has 0 bridgehead atoms. The fourth-order valence-electron chi connectivity index (χ4n) is 8.25. The van der Waals surface area contributed by atoms with E-state index in [4.69, 9.17) is 4.74 Å². The van der Waals surface area contributed by atoms with Crippen LogP contribution in [-0.2, 0) is 14.3 Å². The predicted octanol–water partition coefficient (Wildman–Crippen LogP) is 5.90. The predicted molar refractivity (Wildman–Crippen MR) is 115 cm³/mol. The summed E-state index contributed by atoms with van der Waals surface area (Å²) in [7, 11) is 0. The maximum atomic E-state index is 12.6. The molecule has 4 fully saturated rings. The zero-order valence-electron chi connectivity index (χ0n) is 18.5. The highest BCUT2D eigenvalue weighted by Crippen LogP contribution is 2.62. The monoisotopic (exact) mass is 414 g/mol. The van der Waals surface area contributed by atoms with Crippen LogP contribution in [0.4, 0.5) is 0 Å². The molecule has 4 nitrogen and oxygen atoms in total. The van der Waals surface area contributed by atoms with Crippen LogP contribution >= 0.6 is 0 Å². The number of aliphatic hydroxyl groups excluding tert-OH is 1. The lowest BCUT2D eigenvalue weighted by molar-refractivity contribution is -0.159. The molecule has 166 valence electrons. The summed E-state index contributed by atoms with van der Waals surface area (Å²) in [6.07, 6.45) is 14.7. The van der Waals surface area contributed by atoms with Crippen LogP contribution in [0.2, 0.25) is 0 Å². The smallest absolute Gasteiger partial charge is 0.306 e. The number of esters is 1. The lowest BCUT2D eigenvalue weighted by Crippen LogP contribution is -2.48. The number of aliphatic hydroxyl groups is 1. The highest BCUT2D eigenvalue weighted by molar-refractivity contribution is 5.94. The van der Waals surface area contributed by atoms with Gasteiger partial charge in [0.15, 0.2) is 11.5 Å². The second-order valence-electron chi connectivity index (χ2n) is 11.2. The maximum absolute atomic E-state index is 12.6. The molecule has 4 saturated carbocycles. The van der Waals surface area contributed by atoms with Crippen LogP contribution in [0.15, 0.2) is 11.3 Å². The molecule has 30 heavy (non-hydrogen) atoms. The summed E-state index contributed by atoms with van der Waals surface area (Å²) in [6.45, 7) is 2.38. The first kappa shape index (κ1) is 20.6. The minimum Gasteiger partial charge on any atom is -0.504 e. The number of ketones is 1. The van der Waals surface area contributed by atoms with E-state index in [1.807, 2.05) is 0 Å². The van der Waals surface area contributed by atoms with Crippen LogP contribution in [0, 0.1) is 35.0 Å². The van der Waals surface area contributed by atoms with Crippen molar-refractivity contribution in [3.05, 3.63) is 11.3 Å². The van der Waals surface area contributed by atoms with Gasteiger partial charge in [-0.1, -0.05) is 32.6 Å². The third-order valence-corrected chi connectivity index (χ3v) is 9.87. The Morgan fingerprint density at radius 1 is 1.03 bits per heavy atom. The van der Waals surface area contributed by atoms with Crippen LogP contribution in [0.3, 0.4) is 0 Å². The van der Waals surface area contributed by atoms with E-state index in [-0.39, 0.29) is 29.0 Å². The van der Waals surface area contributed by atoms with E-state index in [1.54, 1.807) is 0 Å². The number of carbonyl (C=O) groups excluding carboxylic acids is 2. The van der Waals surface area contributed by atoms with Crippen molar-refractivity contribution in [1.82, 2.24) is 0 Å². The standard InChI is InChI=1S/C26H38O4/c1-26-15-14-18-17-9-11-22(27)25(29)20(17)8-7-19(18)21(26)10-12-23(26)30-24(28)13-6-16-4-2-3-5-16/h16-19,21,23,29H,2-15H2,1H3/t17-,18+,19-,21-,23+,26-/m0/s1. The van der Waals surface area contributed by atoms with Crippen molar-refractivity contribution < 1.29 is 19.4 Å². The lowest BCUT2D eigenvalue weighted by Gasteiger charge is -2.53. The number of ether oxygens (including phenoxy) is 1. The van der Waals surface area contributed by atoms with E-state index in [2.05, 4.69) is 6.92 Å². The highest BCUT2D eigenvalue weighted by atomic mass is 16.5. The van der Waals surface area contributed by atoms with Crippen LogP contribution in [0.1, 0.15) is 96.8 Å². The SMILES string of the molecule is C[C@]12CC[C@H]3[C@H](CCC4=C(O)C(=O)CC[C@H]43)[C@@H]1CC[C@H]2OC(=O)CCC1CCCC1. The molecule has 0 radical (unpaired) electrons. The molecule has 5 aliphatic rings. The first-order chi connectivity index (χ1) is 14.5. The van der Waals surface area contributed by atoms with Gasteiger partial charge in [-0.3, -0.25) is 9.59 Å². The van der Waals surface area contributed by atoms with Gasteiger partial charge in [0.25, 0.3) is 0 Å². The lowest BCUT2D eigenvalue weighted by atomic mass is 9.52. The van der Waals surface area contributed by atoms with E-state index in [0.717, 1.165) is 62.9 Å². The zero-order valence-corrected chi connectivity index (χ0v) is 18.5. The Hall–Kier alpha value is -1.32. The largest absolute Gasteiger partial charge is 0.504 e. The molecular weight excluding hydrogens is 376 g/mol. The van der Waals surface area contributed by atoms with Crippen LogP contribution in [0.25, 0.3) is 0 Å². The van der Waals surface area contributed by atoms with E-state index >= 15 is 0 Å². The Bertz CT molecular complexity index is 733. The Morgan fingerprint density at radius 2 is 1.83 bits per heavy atom. The molecule has 0 aromatic rings. The topological polar surface area (TPSA) is 63.6 Å². The minimum atomic E-state index is -0.0502. The summed E-state index contributed by atoms with van der Waals surface area (Å²) in [6, 6.07) is 0. The van der Waals surface area contributed by atoms with Gasteiger partial charge in [0, 0.05) is 18.3 Å². The van der Waals surface area contributed by atoms with E-state index in [0.29, 0.717) is 36.5 Å². The minimum absolute atomic E-state index is 0.0282.